The number of hydrogen-bond donors (Lipinski definition) is 0. The minimum absolute atomic E-state index is 0.0968. The molecule has 0 amide bonds. The first-order valence-electron chi connectivity index (χ1n) is 5.02. The Hall–Kier alpha value is -0.710. The molecule has 5 heteroatoms. The molecule has 1 fully saturated rings. The second-order valence-electron chi connectivity index (χ2n) is 3.89. The summed E-state index contributed by atoms with van der Waals surface area (Å²) in [5, 5.41) is 0. The first kappa shape index (κ1) is 10.8. The highest BCUT2D eigenvalue weighted by Crippen LogP contribution is 2.45. The van der Waals surface area contributed by atoms with Crippen molar-refractivity contribution >= 4 is 11.3 Å². The molecule has 15 heavy (non-hydrogen) atoms. The average Bonchev–Trinajstić information content (AvgIpc) is 2.68. The Morgan fingerprint density at radius 2 is 2.33 bits per heavy atom. The van der Waals surface area contributed by atoms with Crippen molar-refractivity contribution in [1.29, 1.82) is 0 Å². The summed E-state index contributed by atoms with van der Waals surface area (Å²) in [6.45, 7) is 1.90. The van der Waals surface area contributed by atoms with E-state index in [4.69, 9.17) is 4.42 Å². The molecule has 1 heterocycles. The maximum Gasteiger partial charge on any atom is 0.395 e. The van der Waals surface area contributed by atoms with Crippen molar-refractivity contribution < 1.29 is 13.2 Å². The van der Waals surface area contributed by atoms with Crippen molar-refractivity contribution in [3.63, 3.8) is 0 Å². The predicted molar refractivity (Wildman–Crippen MR) is 53.8 cm³/mol. The third-order valence-electron chi connectivity index (χ3n) is 2.77. The minimum atomic E-state index is -2.59. The van der Waals surface area contributed by atoms with Gasteiger partial charge in [0.2, 0.25) is 5.92 Å². The van der Waals surface area contributed by atoms with E-state index in [1.807, 2.05) is 6.92 Å². The van der Waals surface area contributed by atoms with Crippen LogP contribution < -0.4 is 4.94 Å². The van der Waals surface area contributed by atoms with E-state index in [0.717, 1.165) is 16.2 Å². The van der Waals surface area contributed by atoms with Gasteiger partial charge in [-0.05, 0) is 12.8 Å². The van der Waals surface area contributed by atoms with Crippen molar-refractivity contribution in [2.45, 2.75) is 44.4 Å². The monoisotopic (exact) mass is 234 g/mol. The number of halogens is 2. The van der Waals surface area contributed by atoms with E-state index in [0.29, 0.717) is 18.6 Å². The molecule has 1 atom stereocenters. The lowest BCUT2D eigenvalue weighted by Gasteiger charge is -2.08. The van der Waals surface area contributed by atoms with E-state index in [1.165, 1.54) is 0 Å². The van der Waals surface area contributed by atoms with Gasteiger partial charge in [-0.15, -0.1) is 0 Å². The van der Waals surface area contributed by atoms with Crippen molar-refractivity contribution in [3.8, 4) is 0 Å². The first-order valence-corrected chi connectivity index (χ1v) is 5.84. The molecule has 0 spiro atoms. The predicted octanol–water partition coefficient (Wildman–Crippen LogP) is 3.17. The van der Waals surface area contributed by atoms with Gasteiger partial charge in [-0.3, -0.25) is 0 Å². The van der Waals surface area contributed by atoms with Crippen LogP contribution in [0.1, 0.15) is 42.7 Å². The third-order valence-corrected chi connectivity index (χ3v) is 3.76. The van der Waals surface area contributed by atoms with Gasteiger partial charge in [0.1, 0.15) is 5.76 Å². The van der Waals surface area contributed by atoms with Crippen LogP contribution in [-0.4, -0.2) is 5.92 Å². The molecule has 1 aromatic rings. The van der Waals surface area contributed by atoms with Crippen molar-refractivity contribution in [3.05, 3.63) is 20.4 Å². The fourth-order valence-corrected chi connectivity index (χ4v) is 2.84. The molecule has 1 aromatic heterocycles. The Morgan fingerprint density at radius 3 is 2.87 bits per heavy atom. The lowest BCUT2D eigenvalue weighted by molar-refractivity contribution is 0.00714. The summed E-state index contributed by atoms with van der Waals surface area (Å²) in [6.07, 6.45) is 0.813. The summed E-state index contributed by atoms with van der Waals surface area (Å²) in [7, 11) is 0. The minimum Gasteiger partial charge on any atom is -0.419 e. The topological polar surface area (TPSA) is 30.2 Å². The fraction of sp³-hybridized carbons (Fsp3) is 0.700. The number of rotatable bonds is 2. The molecule has 1 saturated carbocycles. The van der Waals surface area contributed by atoms with Crippen molar-refractivity contribution in [1.82, 2.24) is 0 Å². The van der Waals surface area contributed by atoms with Crippen LogP contribution >= 0.6 is 11.3 Å². The molecule has 84 valence electrons. The highest BCUT2D eigenvalue weighted by molar-refractivity contribution is 7.09. The highest BCUT2D eigenvalue weighted by atomic mass is 32.1. The second kappa shape index (κ2) is 3.70. The summed E-state index contributed by atoms with van der Waals surface area (Å²) in [4.78, 5) is 11.5. The summed E-state index contributed by atoms with van der Waals surface area (Å²) >= 11 is 1.03. The van der Waals surface area contributed by atoms with Gasteiger partial charge >= 0.3 is 4.94 Å². The van der Waals surface area contributed by atoms with E-state index in [1.54, 1.807) is 0 Å². The smallest absolute Gasteiger partial charge is 0.395 e. The molecule has 0 bridgehead atoms. The van der Waals surface area contributed by atoms with Gasteiger partial charge in [-0.25, -0.2) is 13.6 Å². The summed E-state index contributed by atoms with van der Waals surface area (Å²) < 4.78 is 31.0. The number of aryl methyl sites for hydroxylation is 1. The van der Waals surface area contributed by atoms with Gasteiger partial charge < -0.3 is 4.42 Å². The Balaban J connectivity index is 2.27. The van der Waals surface area contributed by atoms with E-state index in [9.17, 15) is 13.6 Å². The highest BCUT2D eigenvalue weighted by Gasteiger charge is 2.42. The third kappa shape index (κ3) is 2.12. The molecule has 0 radical (unpaired) electrons. The van der Waals surface area contributed by atoms with E-state index in [2.05, 4.69) is 0 Å². The van der Waals surface area contributed by atoms with Gasteiger partial charge in [-0.1, -0.05) is 18.3 Å². The standard InChI is InChI=1S/C10H12F2O2S/c1-2-7-8(14-9(13)15-7)6-3-4-10(11,12)5-6/h6H,2-5H2,1H3. The molecule has 0 aromatic carbocycles. The van der Waals surface area contributed by atoms with Crippen LogP contribution in [0.25, 0.3) is 0 Å². The van der Waals surface area contributed by atoms with Crippen LogP contribution in [0.15, 0.2) is 9.21 Å². The molecule has 0 aliphatic heterocycles. The van der Waals surface area contributed by atoms with E-state index < -0.39 is 5.92 Å². The van der Waals surface area contributed by atoms with E-state index >= 15 is 0 Å². The Bertz CT molecular complexity index is 408. The van der Waals surface area contributed by atoms with E-state index in [-0.39, 0.29) is 23.7 Å². The lowest BCUT2D eigenvalue weighted by atomic mass is 10.0. The molecule has 1 unspecified atom stereocenters. The molecule has 2 nitrogen and oxygen atoms in total. The quantitative estimate of drug-likeness (QED) is 0.786. The van der Waals surface area contributed by atoms with Gasteiger partial charge in [-0.2, -0.15) is 0 Å². The summed E-state index contributed by atoms with van der Waals surface area (Å²) in [5.74, 6) is -2.35. The van der Waals surface area contributed by atoms with Crippen LogP contribution in [-0.2, 0) is 6.42 Å². The summed E-state index contributed by atoms with van der Waals surface area (Å²) in [5.41, 5.74) is 0. The fourth-order valence-electron chi connectivity index (χ4n) is 2.05. The lowest BCUT2D eigenvalue weighted by Crippen LogP contribution is -2.09. The van der Waals surface area contributed by atoms with Gasteiger partial charge in [0.25, 0.3) is 0 Å². The Morgan fingerprint density at radius 1 is 1.60 bits per heavy atom. The molecular formula is C10H12F2O2S. The molecule has 0 N–H and O–H groups in total. The maximum absolute atomic E-state index is 13.0. The van der Waals surface area contributed by atoms with Gasteiger partial charge in [0.05, 0.1) is 4.88 Å². The summed E-state index contributed by atoms with van der Waals surface area (Å²) in [6, 6.07) is 0. The Labute approximate surface area is 89.9 Å². The zero-order chi connectivity index (χ0) is 11.1. The SMILES string of the molecule is CCc1sc(=O)oc1C1CCC(F)(F)C1. The zero-order valence-corrected chi connectivity index (χ0v) is 9.20. The molecular weight excluding hydrogens is 222 g/mol. The first-order chi connectivity index (χ1) is 7.02. The zero-order valence-electron chi connectivity index (χ0n) is 8.39. The molecule has 1 aliphatic carbocycles. The maximum atomic E-state index is 13.0. The van der Waals surface area contributed by atoms with Gasteiger partial charge in [0, 0.05) is 18.8 Å². The molecule has 2 rings (SSSR count). The van der Waals surface area contributed by atoms with Crippen LogP contribution in [0.2, 0.25) is 0 Å². The average molecular weight is 234 g/mol. The van der Waals surface area contributed by atoms with Crippen LogP contribution in [0.5, 0.6) is 0 Å². The van der Waals surface area contributed by atoms with Crippen LogP contribution in [0.3, 0.4) is 0 Å². The molecule has 0 saturated heterocycles. The van der Waals surface area contributed by atoms with Crippen LogP contribution in [0, 0.1) is 0 Å². The van der Waals surface area contributed by atoms with Crippen LogP contribution in [0.4, 0.5) is 8.78 Å². The number of alkyl halides is 2. The largest absolute Gasteiger partial charge is 0.419 e. The molecule has 1 aliphatic rings. The van der Waals surface area contributed by atoms with Crippen molar-refractivity contribution in [2.75, 3.05) is 0 Å². The van der Waals surface area contributed by atoms with Gasteiger partial charge in [0.15, 0.2) is 0 Å². The normalized spacial score (nSPS) is 24.6. The number of hydrogen-bond acceptors (Lipinski definition) is 3. The Kier molecular flexibility index (Phi) is 2.66. The van der Waals surface area contributed by atoms with Crippen molar-refractivity contribution in [2.24, 2.45) is 0 Å². The second-order valence-corrected chi connectivity index (χ2v) is 4.92.